The van der Waals surface area contributed by atoms with Crippen LogP contribution < -0.4 is 5.73 Å². The third kappa shape index (κ3) is 3.31. The summed E-state index contributed by atoms with van der Waals surface area (Å²) in [6.45, 7) is 7.36. The van der Waals surface area contributed by atoms with Crippen LogP contribution in [0.2, 0.25) is 0 Å². The third-order valence-corrected chi connectivity index (χ3v) is 6.24. The van der Waals surface area contributed by atoms with E-state index < -0.39 is 10.0 Å². The van der Waals surface area contributed by atoms with Gasteiger partial charge in [0.15, 0.2) is 0 Å². The highest BCUT2D eigenvalue weighted by atomic mass is 32.2. The second-order valence-electron chi connectivity index (χ2n) is 5.76. The van der Waals surface area contributed by atoms with Crippen LogP contribution >= 0.6 is 0 Å². The molecule has 1 heterocycles. The molecule has 0 radical (unpaired) electrons. The molecule has 2 rings (SSSR count). The van der Waals surface area contributed by atoms with E-state index in [-0.39, 0.29) is 11.9 Å². The van der Waals surface area contributed by atoms with E-state index in [1.807, 2.05) is 24.8 Å². The minimum Gasteiger partial charge on any atom is -0.368 e. The van der Waals surface area contributed by atoms with Gasteiger partial charge >= 0.3 is 0 Å². The highest BCUT2D eigenvalue weighted by Gasteiger charge is 2.31. The zero-order valence-electron chi connectivity index (χ0n) is 13.2. The predicted octanol–water partition coefficient (Wildman–Crippen LogP) is 0.484. The maximum atomic E-state index is 12.7. The lowest BCUT2D eigenvalue weighted by Gasteiger charge is -2.36. The Balaban J connectivity index is 2.12. The van der Waals surface area contributed by atoms with E-state index in [1.165, 1.54) is 4.31 Å². The predicted molar refractivity (Wildman–Crippen MR) is 84.9 cm³/mol. The van der Waals surface area contributed by atoms with Crippen molar-refractivity contribution in [1.29, 1.82) is 0 Å². The molecule has 122 valence electrons. The number of nitrogens with two attached hydrogens (primary N) is 1. The Kier molecular flexibility index (Phi) is 4.89. The van der Waals surface area contributed by atoms with Gasteiger partial charge in [0.2, 0.25) is 15.9 Å². The molecule has 1 saturated heterocycles. The molecule has 0 aromatic heterocycles. The Labute approximate surface area is 131 Å². The van der Waals surface area contributed by atoms with Crippen LogP contribution in [-0.4, -0.2) is 55.8 Å². The van der Waals surface area contributed by atoms with Crippen molar-refractivity contribution < 1.29 is 13.2 Å². The number of aryl methyl sites for hydroxylation is 2. The Bertz CT molecular complexity index is 665. The maximum Gasteiger partial charge on any atom is 0.243 e. The van der Waals surface area contributed by atoms with Gasteiger partial charge in [0.1, 0.15) is 0 Å². The molecule has 7 heteroatoms. The molecule has 22 heavy (non-hydrogen) atoms. The number of carbonyl (C=O) groups excluding carboxylic acids is 1. The Morgan fingerprint density at radius 1 is 1.14 bits per heavy atom. The van der Waals surface area contributed by atoms with E-state index in [2.05, 4.69) is 0 Å². The molecule has 2 N–H and O–H groups in total. The summed E-state index contributed by atoms with van der Waals surface area (Å²) in [5.41, 5.74) is 7.33. The van der Waals surface area contributed by atoms with Crippen molar-refractivity contribution in [1.82, 2.24) is 9.21 Å². The summed E-state index contributed by atoms with van der Waals surface area (Å²) < 4.78 is 26.8. The zero-order chi connectivity index (χ0) is 16.5. The number of nitrogens with zero attached hydrogens (tertiary/aromatic N) is 2. The van der Waals surface area contributed by atoms with Crippen molar-refractivity contribution in [2.45, 2.75) is 31.7 Å². The highest BCUT2D eigenvalue weighted by Crippen LogP contribution is 2.20. The number of benzene rings is 1. The lowest BCUT2D eigenvalue weighted by atomic mass is 10.1. The Morgan fingerprint density at radius 3 is 2.23 bits per heavy atom. The van der Waals surface area contributed by atoms with Gasteiger partial charge in [0.25, 0.3) is 0 Å². The average molecular weight is 325 g/mol. The van der Waals surface area contributed by atoms with Gasteiger partial charge in [-0.25, -0.2) is 8.42 Å². The van der Waals surface area contributed by atoms with Gasteiger partial charge in [-0.2, -0.15) is 4.31 Å². The second kappa shape index (κ2) is 6.36. The molecule has 6 nitrogen and oxygen atoms in total. The van der Waals surface area contributed by atoms with Gasteiger partial charge in [-0.05, 0) is 44.0 Å². The number of piperazine rings is 1. The number of primary amides is 1. The van der Waals surface area contributed by atoms with E-state index in [0.717, 1.165) is 11.1 Å². The molecule has 0 spiro atoms. The van der Waals surface area contributed by atoms with Crippen LogP contribution in [0.25, 0.3) is 0 Å². The monoisotopic (exact) mass is 325 g/mol. The van der Waals surface area contributed by atoms with Crippen LogP contribution in [0.5, 0.6) is 0 Å². The lowest BCUT2D eigenvalue weighted by molar-refractivity contribution is -0.123. The number of rotatable bonds is 4. The normalized spacial score (nSPS) is 19.0. The molecule has 1 aromatic rings. The number of amides is 1. The molecule has 1 amide bonds. The van der Waals surface area contributed by atoms with Crippen molar-refractivity contribution in [3.63, 3.8) is 0 Å². The number of hydrogen-bond donors (Lipinski definition) is 1. The SMILES string of the molecule is Cc1ccc(S(=O)(=O)N2CCN([C@@H](C)C(N)=O)CC2)cc1C. The minimum absolute atomic E-state index is 0.326. The summed E-state index contributed by atoms with van der Waals surface area (Å²) in [5.74, 6) is -0.384. The second-order valence-corrected chi connectivity index (χ2v) is 7.70. The molecule has 1 atom stereocenters. The van der Waals surface area contributed by atoms with E-state index in [4.69, 9.17) is 5.73 Å². The molecule has 1 aliphatic rings. The molecular formula is C15H23N3O3S. The van der Waals surface area contributed by atoms with E-state index in [9.17, 15) is 13.2 Å². The minimum atomic E-state index is -3.48. The van der Waals surface area contributed by atoms with Gasteiger partial charge in [0.05, 0.1) is 10.9 Å². The first-order chi connectivity index (χ1) is 10.2. The largest absolute Gasteiger partial charge is 0.368 e. The molecule has 1 fully saturated rings. The van der Waals surface area contributed by atoms with Gasteiger partial charge in [-0.1, -0.05) is 6.07 Å². The fourth-order valence-corrected chi connectivity index (χ4v) is 4.04. The summed E-state index contributed by atoms with van der Waals surface area (Å²) in [4.78, 5) is 13.5. The van der Waals surface area contributed by atoms with Crippen molar-refractivity contribution in [3.8, 4) is 0 Å². The van der Waals surface area contributed by atoms with Gasteiger partial charge in [0, 0.05) is 26.2 Å². The first kappa shape index (κ1) is 16.9. The third-order valence-electron chi connectivity index (χ3n) is 4.35. The van der Waals surface area contributed by atoms with Crippen LogP contribution in [0.1, 0.15) is 18.1 Å². The fraction of sp³-hybridized carbons (Fsp3) is 0.533. The summed E-state index contributed by atoms with van der Waals surface area (Å²) in [5, 5.41) is 0. The van der Waals surface area contributed by atoms with Crippen molar-refractivity contribution in [2.75, 3.05) is 26.2 Å². The van der Waals surface area contributed by atoms with E-state index >= 15 is 0 Å². The topological polar surface area (TPSA) is 83.7 Å². The van der Waals surface area contributed by atoms with E-state index in [0.29, 0.717) is 31.1 Å². The Morgan fingerprint density at radius 2 is 1.73 bits per heavy atom. The van der Waals surface area contributed by atoms with Crippen LogP contribution in [0.3, 0.4) is 0 Å². The van der Waals surface area contributed by atoms with Crippen LogP contribution in [0.4, 0.5) is 0 Å². The first-order valence-electron chi connectivity index (χ1n) is 7.34. The molecule has 0 unspecified atom stereocenters. The quantitative estimate of drug-likeness (QED) is 0.873. The molecule has 0 bridgehead atoms. The standard InChI is InChI=1S/C15H23N3O3S/c1-11-4-5-14(10-12(11)2)22(20,21)18-8-6-17(7-9-18)13(3)15(16)19/h4-5,10,13H,6-9H2,1-3H3,(H2,16,19)/t13-/m0/s1. The van der Waals surface area contributed by atoms with E-state index in [1.54, 1.807) is 19.1 Å². The zero-order valence-corrected chi connectivity index (χ0v) is 14.1. The van der Waals surface area contributed by atoms with Gasteiger partial charge < -0.3 is 5.73 Å². The summed E-state index contributed by atoms with van der Waals surface area (Å²) in [6.07, 6.45) is 0. The number of sulfonamides is 1. The summed E-state index contributed by atoms with van der Waals surface area (Å²) >= 11 is 0. The van der Waals surface area contributed by atoms with Crippen molar-refractivity contribution in [2.24, 2.45) is 5.73 Å². The van der Waals surface area contributed by atoms with Crippen molar-refractivity contribution in [3.05, 3.63) is 29.3 Å². The number of hydrogen-bond acceptors (Lipinski definition) is 4. The fourth-order valence-electron chi connectivity index (χ4n) is 2.53. The van der Waals surface area contributed by atoms with Crippen molar-refractivity contribution >= 4 is 15.9 Å². The van der Waals surface area contributed by atoms with Gasteiger partial charge in [-0.3, -0.25) is 9.69 Å². The smallest absolute Gasteiger partial charge is 0.243 e. The molecular weight excluding hydrogens is 302 g/mol. The summed E-state index contributed by atoms with van der Waals surface area (Å²) in [6, 6.07) is 4.82. The molecule has 1 aromatic carbocycles. The highest BCUT2D eigenvalue weighted by molar-refractivity contribution is 7.89. The average Bonchev–Trinajstić information content (AvgIpc) is 2.49. The number of carbonyl (C=O) groups is 1. The first-order valence-corrected chi connectivity index (χ1v) is 8.78. The van der Waals surface area contributed by atoms with Crippen LogP contribution in [0.15, 0.2) is 23.1 Å². The Hall–Kier alpha value is -1.44. The molecule has 0 saturated carbocycles. The summed E-state index contributed by atoms with van der Waals surface area (Å²) in [7, 11) is -3.48. The van der Waals surface area contributed by atoms with Gasteiger partial charge in [-0.15, -0.1) is 0 Å². The van der Waals surface area contributed by atoms with Crippen LogP contribution in [0, 0.1) is 13.8 Å². The molecule has 0 aliphatic carbocycles. The lowest BCUT2D eigenvalue weighted by Crippen LogP contribution is -2.54. The van der Waals surface area contributed by atoms with Crippen LogP contribution in [-0.2, 0) is 14.8 Å². The molecule has 1 aliphatic heterocycles. The maximum absolute atomic E-state index is 12.7.